The number of nitrogens with one attached hydrogen (secondary N) is 2. The molecule has 3 aromatic rings. The molecule has 1 atom stereocenters. The standard InChI is InChI=1S/C26H23BrN4O5/c27-18-12-10-17(11-13-18)16-30-22(25(34)31(26(30)35)19-6-2-1-3-7-19)14-15-23(32)28-21-9-5-4-8-20(21)24(33)29-36/h1-13,22,36H,14-16H2,(H,28,32)(H,29,33). The number of carbonyl (C=O) groups excluding carboxylic acids is 4. The topological polar surface area (TPSA) is 119 Å². The van der Waals surface area contributed by atoms with E-state index in [-0.39, 0.29) is 30.6 Å². The SMILES string of the molecule is O=C(CCC1C(=O)N(c2ccccc2)C(=O)N1Cc1ccc(Br)cc1)Nc1ccccc1C(=O)NO. The molecule has 1 aliphatic heterocycles. The molecule has 36 heavy (non-hydrogen) atoms. The van der Waals surface area contributed by atoms with Crippen LogP contribution in [0.1, 0.15) is 28.8 Å². The number of carbonyl (C=O) groups is 4. The van der Waals surface area contributed by atoms with Crippen LogP contribution in [0, 0.1) is 0 Å². The van der Waals surface area contributed by atoms with Crippen molar-refractivity contribution in [2.24, 2.45) is 0 Å². The number of para-hydroxylation sites is 2. The van der Waals surface area contributed by atoms with Crippen molar-refractivity contribution < 1.29 is 24.4 Å². The minimum absolute atomic E-state index is 0.0712. The van der Waals surface area contributed by atoms with E-state index in [1.165, 1.54) is 17.0 Å². The summed E-state index contributed by atoms with van der Waals surface area (Å²) in [6, 6.07) is 21.0. The Morgan fingerprint density at radius 3 is 2.28 bits per heavy atom. The maximum atomic E-state index is 13.4. The average Bonchev–Trinajstić information content (AvgIpc) is 3.12. The molecule has 1 saturated heterocycles. The summed E-state index contributed by atoms with van der Waals surface area (Å²) in [7, 11) is 0. The number of rotatable bonds is 8. The van der Waals surface area contributed by atoms with Crippen LogP contribution < -0.4 is 15.7 Å². The second-order valence-corrected chi connectivity index (χ2v) is 9.05. The molecule has 1 aliphatic rings. The van der Waals surface area contributed by atoms with Gasteiger partial charge in [-0.1, -0.05) is 58.4 Å². The molecule has 3 aromatic carbocycles. The van der Waals surface area contributed by atoms with E-state index in [4.69, 9.17) is 5.21 Å². The van der Waals surface area contributed by atoms with Gasteiger partial charge in [0.2, 0.25) is 5.91 Å². The highest BCUT2D eigenvalue weighted by molar-refractivity contribution is 9.10. The Morgan fingerprint density at radius 2 is 1.58 bits per heavy atom. The molecule has 0 radical (unpaired) electrons. The van der Waals surface area contributed by atoms with E-state index in [9.17, 15) is 19.2 Å². The molecule has 10 heteroatoms. The number of hydrogen-bond donors (Lipinski definition) is 3. The highest BCUT2D eigenvalue weighted by Gasteiger charge is 2.45. The van der Waals surface area contributed by atoms with Crippen LogP contribution in [0.15, 0.2) is 83.3 Å². The van der Waals surface area contributed by atoms with Crippen molar-refractivity contribution >= 4 is 51.1 Å². The first-order valence-electron chi connectivity index (χ1n) is 11.2. The van der Waals surface area contributed by atoms with Crippen LogP contribution in [0.2, 0.25) is 0 Å². The average molecular weight is 551 g/mol. The van der Waals surface area contributed by atoms with E-state index in [1.807, 2.05) is 24.3 Å². The molecule has 0 bridgehead atoms. The molecule has 0 aromatic heterocycles. The lowest BCUT2D eigenvalue weighted by Crippen LogP contribution is -2.35. The highest BCUT2D eigenvalue weighted by atomic mass is 79.9. The third kappa shape index (κ3) is 5.45. The van der Waals surface area contributed by atoms with Crippen molar-refractivity contribution in [3.63, 3.8) is 0 Å². The normalized spacial score (nSPS) is 15.2. The number of imide groups is 1. The van der Waals surface area contributed by atoms with Gasteiger partial charge >= 0.3 is 6.03 Å². The number of hydrogen-bond acceptors (Lipinski definition) is 5. The molecule has 0 spiro atoms. The fraction of sp³-hybridized carbons (Fsp3) is 0.154. The number of halogens is 1. The molecule has 184 valence electrons. The zero-order chi connectivity index (χ0) is 25.7. The zero-order valence-corrected chi connectivity index (χ0v) is 20.6. The summed E-state index contributed by atoms with van der Waals surface area (Å²) in [5.41, 5.74) is 3.16. The molecule has 0 aliphatic carbocycles. The van der Waals surface area contributed by atoms with Gasteiger partial charge < -0.3 is 10.2 Å². The number of anilines is 2. The zero-order valence-electron chi connectivity index (χ0n) is 19.1. The molecule has 3 N–H and O–H groups in total. The van der Waals surface area contributed by atoms with Gasteiger partial charge in [0.25, 0.3) is 11.8 Å². The van der Waals surface area contributed by atoms with Crippen molar-refractivity contribution in [1.82, 2.24) is 10.4 Å². The number of urea groups is 1. The summed E-state index contributed by atoms with van der Waals surface area (Å²) >= 11 is 3.39. The Kier molecular flexibility index (Phi) is 7.77. The van der Waals surface area contributed by atoms with Crippen LogP contribution in [-0.2, 0) is 16.1 Å². The van der Waals surface area contributed by atoms with Crippen LogP contribution >= 0.6 is 15.9 Å². The van der Waals surface area contributed by atoms with Crippen LogP contribution in [0.25, 0.3) is 0 Å². The Hall–Kier alpha value is -4.02. The third-order valence-corrected chi connectivity index (χ3v) is 6.32. The van der Waals surface area contributed by atoms with E-state index in [1.54, 1.807) is 47.9 Å². The predicted octanol–water partition coefficient (Wildman–Crippen LogP) is 4.32. The van der Waals surface area contributed by atoms with Gasteiger partial charge in [0, 0.05) is 17.4 Å². The molecule has 1 unspecified atom stereocenters. The lowest BCUT2D eigenvalue weighted by atomic mass is 10.1. The van der Waals surface area contributed by atoms with E-state index in [2.05, 4.69) is 21.2 Å². The second kappa shape index (κ2) is 11.1. The molecule has 0 saturated carbocycles. The first kappa shape index (κ1) is 25.1. The quantitative estimate of drug-likeness (QED) is 0.219. The largest absolute Gasteiger partial charge is 0.332 e. The summed E-state index contributed by atoms with van der Waals surface area (Å²) in [6.07, 6.45) is 0.0167. The van der Waals surface area contributed by atoms with Gasteiger partial charge in [-0.15, -0.1) is 0 Å². The smallest absolute Gasteiger partial charge is 0.325 e. The lowest BCUT2D eigenvalue weighted by molar-refractivity contribution is -0.120. The Morgan fingerprint density at radius 1 is 0.917 bits per heavy atom. The van der Waals surface area contributed by atoms with E-state index >= 15 is 0 Å². The fourth-order valence-corrected chi connectivity index (χ4v) is 4.29. The van der Waals surface area contributed by atoms with Crippen molar-refractivity contribution in [2.45, 2.75) is 25.4 Å². The molecule has 4 rings (SSSR count). The summed E-state index contributed by atoms with van der Waals surface area (Å²) < 4.78 is 0.893. The molecule has 1 fully saturated rings. The third-order valence-electron chi connectivity index (χ3n) is 5.79. The van der Waals surface area contributed by atoms with Crippen molar-refractivity contribution in [3.05, 3.63) is 94.5 Å². The summed E-state index contributed by atoms with van der Waals surface area (Å²) in [4.78, 5) is 53.9. The van der Waals surface area contributed by atoms with Crippen LogP contribution in [0.4, 0.5) is 16.2 Å². The Labute approximate surface area is 215 Å². The second-order valence-electron chi connectivity index (χ2n) is 8.14. The Bertz CT molecular complexity index is 1280. The summed E-state index contributed by atoms with van der Waals surface area (Å²) in [5, 5.41) is 11.6. The predicted molar refractivity (Wildman–Crippen MR) is 136 cm³/mol. The highest BCUT2D eigenvalue weighted by Crippen LogP contribution is 2.29. The number of nitrogens with zero attached hydrogens (tertiary/aromatic N) is 2. The molecular formula is C26H23BrN4O5. The van der Waals surface area contributed by atoms with Crippen LogP contribution in [0.3, 0.4) is 0 Å². The molecule has 9 nitrogen and oxygen atoms in total. The molecular weight excluding hydrogens is 528 g/mol. The van der Waals surface area contributed by atoms with Gasteiger partial charge in [0.15, 0.2) is 0 Å². The van der Waals surface area contributed by atoms with Crippen molar-refractivity contribution in [2.75, 3.05) is 10.2 Å². The van der Waals surface area contributed by atoms with Gasteiger partial charge in [-0.25, -0.2) is 15.2 Å². The number of amides is 5. The van der Waals surface area contributed by atoms with Crippen LogP contribution in [0.5, 0.6) is 0 Å². The minimum atomic E-state index is -0.844. The van der Waals surface area contributed by atoms with E-state index in [0.717, 1.165) is 14.9 Å². The van der Waals surface area contributed by atoms with Crippen molar-refractivity contribution in [1.29, 1.82) is 0 Å². The minimum Gasteiger partial charge on any atom is -0.325 e. The maximum absolute atomic E-state index is 13.4. The van der Waals surface area contributed by atoms with Gasteiger partial charge in [-0.05, 0) is 48.4 Å². The summed E-state index contributed by atoms with van der Waals surface area (Å²) in [5.74, 6) is -1.60. The van der Waals surface area contributed by atoms with Crippen molar-refractivity contribution in [3.8, 4) is 0 Å². The van der Waals surface area contributed by atoms with Gasteiger partial charge in [-0.2, -0.15) is 0 Å². The van der Waals surface area contributed by atoms with E-state index in [0.29, 0.717) is 5.69 Å². The van der Waals surface area contributed by atoms with Gasteiger partial charge in [-0.3, -0.25) is 19.6 Å². The fourth-order valence-electron chi connectivity index (χ4n) is 4.03. The van der Waals surface area contributed by atoms with E-state index < -0.39 is 29.8 Å². The maximum Gasteiger partial charge on any atom is 0.332 e. The first-order chi connectivity index (χ1) is 17.4. The number of benzene rings is 3. The van der Waals surface area contributed by atoms with Gasteiger partial charge in [0.1, 0.15) is 6.04 Å². The monoisotopic (exact) mass is 550 g/mol. The molecule has 5 amide bonds. The Balaban J connectivity index is 1.53. The number of hydroxylamine groups is 1. The lowest BCUT2D eigenvalue weighted by Gasteiger charge is -2.22. The van der Waals surface area contributed by atoms with Crippen LogP contribution in [-0.4, -0.2) is 39.9 Å². The van der Waals surface area contributed by atoms with Gasteiger partial charge in [0.05, 0.1) is 16.9 Å². The molecule has 1 heterocycles. The summed E-state index contributed by atoms with van der Waals surface area (Å²) in [6.45, 7) is 0.201. The first-order valence-corrected chi connectivity index (χ1v) is 12.0.